The Balaban J connectivity index is 0.000000173. The van der Waals surface area contributed by atoms with Crippen LogP contribution in [0.3, 0.4) is 0 Å². The summed E-state index contributed by atoms with van der Waals surface area (Å²) in [7, 11) is 0. The Morgan fingerprint density at radius 3 is 2.62 bits per heavy atom. The van der Waals surface area contributed by atoms with Gasteiger partial charge in [-0.2, -0.15) is 5.26 Å². The average molecular weight is 314 g/mol. The molecule has 0 saturated heterocycles. The first-order valence-corrected chi connectivity index (χ1v) is 7.66. The molecule has 0 unspecified atom stereocenters. The van der Waals surface area contributed by atoms with E-state index in [9.17, 15) is 0 Å². The number of H-pyrrole nitrogens is 1. The molecular formula is C16H14N2OS2. The van der Waals surface area contributed by atoms with Crippen molar-refractivity contribution in [3.8, 4) is 11.8 Å². The van der Waals surface area contributed by atoms with E-state index in [-0.39, 0.29) is 0 Å². The highest BCUT2D eigenvalue weighted by molar-refractivity contribution is 7.73. The minimum Gasteiger partial charge on any atom is -0.494 e. The molecule has 1 N–H and O–H groups in total. The van der Waals surface area contributed by atoms with Gasteiger partial charge in [0.25, 0.3) is 0 Å². The predicted molar refractivity (Wildman–Crippen MR) is 89.3 cm³/mol. The van der Waals surface area contributed by atoms with Crippen molar-refractivity contribution in [2.75, 3.05) is 6.61 Å². The highest BCUT2D eigenvalue weighted by Gasteiger charge is 1.98. The quantitative estimate of drug-likeness (QED) is 0.683. The summed E-state index contributed by atoms with van der Waals surface area (Å²) in [5.74, 6) is 0.903. The molecule has 21 heavy (non-hydrogen) atoms. The van der Waals surface area contributed by atoms with Gasteiger partial charge >= 0.3 is 0 Å². The molecule has 5 heteroatoms. The van der Waals surface area contributed by atoms with Crippen molar-refractivity contribution >= 4 is 33.8 Å². The molecule has 0 saturated carbocycles. The second-order valence-corrected chi connectivity index (χ2v) is 5.80. The second-order valence-electron chi connectivity index (χ2n) is 4.08. The van der Waals surface area contributed by atoms with E-state index >= 15 is 0 Å². The van der Waals surface area contributed by atoms with Crippen molar-refractivity contribution in [2.45, 2.75) is 6.92 Å². The zero-order valence-corrected chi connectivity index (χ0v) is 13.1. The number of benzene rings is 2. The highest BCUT2D eigenvalue weighted by atomic mass is 32.1. The lowest BCUT2D eigenvalue weighted by molar-refractivity contribution is 0.341. The number of thiazole rings is 1. The molecule has 0 aliphatic heterocycles. The Labute approximate surface area is 132 Å². The van der Waals surface area contributed by atoms with Crippen molar-refractivity contribution in [1.82, 2.24) is 4.98 Å². The molecule has 3 aromatic rings. The fraction of sp³-hybridized carbons (Fsp3) is 0.125. The van der Waals surface area contributed by atoms with Crippen LogP contribution in [0.4, 0.5) is 0 Å². The zero-order valence-electron chi connectivity index (χ0n) is 11.5. The summed E-state index contributed by atoms with van der Waals surface area (Å²) in [6.07, 6.45) is 0. The van der Waals surface area contributed by atoms with Gasteiger partial charge in [-0.1, -0.05) is 18.2 Å². The summed E-state index contributed by atoms with van der Waals surface area (Å²) in [4.78, 5) is 3.11. The molecule has 1 heterocycles. The number of fused-ring (bicyclic) bond motifs is 1. The molecular weight excluding hydrogens is 300 g/mol. The molecule has 3 nitrogen and oxygen atoms in total. The minimum absolute atomic E-state index is 0.696. The van der Waals surface area contributed by atoms with Crippen molar-refractivity contribution in [3.05, 3.63) is 58.0 Å². The third kappa shape index (κ3) is 4.42. The lowest BCUT2D eigenvalue weighted by atomic mass is 10.2. The number of aromatic amines is 1. The van der Waals surface area contributed by atoms with Gasteiger partial charge in [0.15, 0.2) is 3.95 Å². The second kappa shape index (κ2) is 7.58. The summed E-state index contributed by atoms with van der Waals surface area (Å²) in [6.45, 7) is 2.67. The van der Waals surface area contributed by atoms with Crippen molar-refractivity contribution in [3.63, 3.8) is 0 Å². The Morgan fingerprint density at radius 2 is 2.00 bits per heavy atom. The number of nitrogens with zero attached hydrogens (tertiary/aromatic N) is 1. The molecule has 0 aliphatic carbocycles. The maximum absolute atomic E-state index is 8.29. The molecule has 106 valence electrons. The molecule has 2 aromatic carbocycles. The van der Waals surface area contributed by atoms with Gasteiger partial charge in [0, 0.05) is 0 Å². The van der Waals surface area contributed by atoms with Gasteiger partial charge in [0.05, 0.1) is 28.5 Å². The summed E-state index contributed by atoms with van der Waals surface area (Å²) in [6, 6.07) is 17.1. The summed E-state index contributed by atoms with van der Waals surface area (Å²) < 4.78 is 7.34. The first-order valence-electron chi connectivity index (χ1n) is 6.43. The normalized spacial score (nSPS) is 9.52. The SMILES string of the molecule is CCOc1ccc2[nH]c(=S)sc2c1.N#Cc1ccccc1. The maximum atomic E-state index is 8.29. The number of ether oxygens (including phenoxy) is 1. The lowest BCUT2D eigenvalue weighted by Crippen LogP contribution is -1.89. The van der Waals surface area contributed by atoms with Gasteiger partial charge < -0.3 is 9.72 Å². The standard InChI is InChI=1S/C9H9NOS2.C7H5N/c1-2-11-6-3-4-7-8(5-6)13-9(12)10-7;8-6-7-4-2-1-3-5-7/h3-5H,2H2,1H3,(H,10,12);1-5H. The van der Waals surface area contributed by atoms with Gasteiger partial charge in [-0.15, -0.1) is 11.3 Å². The minimum atomic E-state index is 0.696. The van der Waals surface area contributed by atoms with Crippen molar-refractivity contribution < 1.29 is 4.74 Å². The van der Waals surface area contributed by atoms with Gasteiger partial charge in [0.1, 0.15) is 5.75 Å². The number of nitrogens with one attached hydrogen (secondary N) is 1. The average Bonchev–Trinajstić information content (AvgIpc) is 2.88. The van der Waals surface area contributed by atoms with Gasteiger partial charge in [-0.25, -0.2) is 0 Å². The molecule has 0 aliphatic rings. The van der Waals surface area contributed by atoms with Crippen LogP contribution in [0.15, 0.2) is 48.5 Å². The van der Waals surface area contributed by atoms with E-state index in [0.29, 0.717) is 12.2 Å². The molecule has 3 rings (SSSR count). The number of rotatable bonds is 2. The molecule has 0 atom stereocenters. The number of hydrogen-bond acceptors (Lipinski definition) is 4. The number of hydrogen-bond donors (Lipinski definition) is 1. The smallest absolute Gasteiger partial charge is 0.159 e. The van der Waals surface area contributed by atoms with Gasteiger partial charge in [0.2, 0.25) is 0 Å². The highest BCUT2D eigenvalue weighted by Crippen LogP contribution is 2.24. The Kier molecular flexibility index (Phi) is 5.50. The lowest BCUT2D eigenvalue weighted by Gasteiger charge is -2.00. The number of aromatic nitrogens is 1. The molecule has 0 spiro atoms. The Morgan fingerprint density at radius 1 is 1.24 bits per heavy atom. The topological polar surface area (TPSA) is 48.8 Å². The van der Waals surface area contributed by atoms with Crippen LogP contribution in [0.1, 0.15) is 12.5 Å². The van der Waals surface area contributed by atoms with Crippen LogP contribution in [-0.2, 0) is 0 Å². The Bertz CT molecular complexity index is 800. The third-order valence-corrected chi connectivity index (χ3v) is 3.80. The van der Waals surface area contributed by atoms with Crippen molar-refractivity contribution in [2.24, 2.45) is 0 Å². The van der Waals surface area contributed by atoms with Gasteiger partial charge in [-0.05, 0) is 49.5 Å². The van der Waals surface area contributed by atoms with E-state index in [1.54, 1.807) is 23.5 Å². The van der Waals surface area contributed by atoms with E-state index in [2.05, 4.69) is 4.98 Å². The van der Waals surface area contributed by atoms with Crippen LogP contribution in [-0.4, -0.2) is 11.6 Å². The fourth-order valence-corrected chi connectivity index (χ4v) is 2.84. The van der Waals surface area contributed by atoms with E-state index in [1.165, 1.54) is 0 Å². The predicted octanol–water partition coefficient (Wildman–Crippen LogP) is 4.92. The largest absolute Gasteiger partial charge is 0.494 e. The zero-order chi connectivity index (χ0) is 15.1. The van der Waals surface area contributed by atoms with Crippen LogP contribution in [0, 0.1) is 15.3 Å². The summed E-state index contributed by atoms with van der Waals surface area (Å²) in [5.41, 5.74) is 1.80. The van der Waals surface area contributed by atoms with Crippen LogP contribution >= 0.6 is 23.6 Å². The maximum Gasteiger partial charge on any atom is 0.159 e. The van der Waals surface area contributed by atoms with E-state index in [1.807, 2.05) is 49.4 Å². The summed E-state index contributed by atoms with van der Waals surface area (Å²) >= 11 is 6.61. The van der Waals surface area contributed by atoms with Crippen LogP contribution < -0.4 is 4.74 Å². The summed E-state index contributed by atoms with van der Waals surface area (Å²) in [5, 5.41) is 8.29. The molecule has 0 radical (unpaired) electrons. The molecule has 1 aromatic heterocycles. The molecule has 0 bridgehead atoms. The fourth-order valence-electron chi connectivity index (χ4n) is 1.69. The van der Waals surface area contributed by atoms with E-state index < -0.39 is 0 Å². The molecule has 0 fully saturated rings. The van der Waals surface area contributed by atoms with Gasteiger partial charge in [-0.3, -0.25) is 0 Å². The van der Waals surface area contributed by atoms with Crippen LogP contribution in [0.2, 0.25) is 0 Å². The Hall–Kier alpha value is -2.16. The van der Waals surface area contributed by atoms with Crippen molar-refractivity contribution in [1.29, 1.82) is 5.26 Å². The first kappa shape index (κ1) is 15.2. The molecule has 0 amide bonds. The van der Waals surface area contributed by atoms with Crippen LogP contribution in [0.5, 0.6) is 5.75 Å². The monoisotopic (exact) mass is 314 g/mol. The van der Waals surface area contributed by atoms with E-state index in [0.717, 1.165) is 19.9 Å². The van der Waals surface area contributed by atoms with Crippen LogP contribution in [0.25, 0.3) is 10.2 Å². The van der Waals surface area contributed by atoms with E-state index in [4.69, 9.17) is 22.2 Å². The third-order valence-electron chi connectivity index (χ3n) is 2.61. The first-order chi connectivity index (χ1) is 10.2. The number of nitriles is 1.